The molecule has 4 rings (SSSR count). The number of ether oxygens (including phenoxy) is 1. The quantitative estimate of drug-likeness (QED) is 0.879. The Hall–Kier alpha value is -1.92. The highest BCUT2D eigenvalue weighted by molar-refractivity contribution is 9.10. The summed E-state index contributed by atoms with van der Waals surface area (Å²) in [5.74, 6) is 2.46. The fourth-order valence-electron chi connectivity index (χ4n) is 3.39. The van der Waals surface area contributed by atoms with Crippen LogP contribution in [-0.2, 0) is 0 Å². The monoisotopic (exact) mass is 387 g/mol. The fraction of sp³-hybridized carbons (Fsp3) is 0.333. The van der Waals surface area contributed by atoms with Gasteiger partial charge >= 0.3 is 0 Å². The number of nitrogens with zero attached hydrogens (tertiary/aromatic N) is 2. The van der Waals surface area contributed by atoms with Crippen LogP contribution in [0.25, 0.3) is 0 Å². The summed E-state index contributed by atoms with van der Waals surface area (Å²) in [6, 6.07) is 11.1. The summed E-state index contributed by atoms with van der Waals surface area (Å²) in [7, 11) is 0. The number of nitrogens with one attached hydrogen (secondary N) is 1. The van der Waals surface area contributed by atoms with Crippen LogP contribution in [0.4, 0.5) is 0 Å². The number of hydrogen-bond acceptors (Lipinski definition) is 4. The zero-order valence-corrected chi connectivity index (χ0v) is 14.7. The van der Waals surface area contributed by atoms with Crippen molar-refractivity contribution in [2.24, 2.45) is 11.8 Å². The first-order valence-electron chi connectivity index (χ1n) is 8.08. The first kappa shape index (κ1) is 15.6. The van der Waals surface area contributed by atoms with Crippen molar-refractivity contribution in [3.63, 3.8) is 0 Å². The van der Waals surface area contributed by atoms with Crippen molar-refractivity contribution in [1.29, 1.82) is 0 Å². The topological polar surface area (TPSA) is 54.5 Å². The van der Waals surface area contributed by atoms with Gasteiger partial charge in [-0.1, -0.05) is 15.9 Å². The van der Waals surface area contributed by atoms with E-state index in [0.29, 0.717) is 29.0 Å². The summed E-state index contributed by atoms with van der Waals surface area (Å²) < 4.78 is 6.68. The number of carbonyl (C=O) groups excluding carboxylic acids is 1. The van der Waals surface area contributed by atoms with Gasteiger partial charge < -0.3 is 15.0 Å². The van der Waals surface area contributed by atoms with E-state index in [-0.39, 0.29) is 5.91 Å². The van der Waals surface area contributed by atoms with Gasteiger partial charge in [-0.25, -0.2) is 4.98 Å². The zero-order valence-electron chi connectivity index (χ0n) is 13.1. The molecular weight excluding hydrogens is 370 g/mol. The highest BCUT2D eigenvalue weighted by atomic mass is 79.9. The Morgan fingerprint density at radius 2 is 1.83 bits per heavy atom. The minimum absolute atomic E-state index is 0.0621. The SMILES string of the molecule is O=C(c1ccc(Oc2ccc(Br)cc2)nc1)N1C[C@H]2CNC[C@H]2C1. The van der Waals surface area contributed by atoms with Crippen molar-refractivity contribution in [3.05, 3.63) is 52.6 Å². The molecule has 0 radical (unpaired) electrons. The molecule has 1 N–H and O–H groups in total. The molecule has 1 aromatic carbocycles. The average molecular weight is 388 g/mol. The summed E-state index contributed by atoms with van der Waals surface area (Å²) in [5.41, 5.74) is 0.617. The molecule has 2 fully saturated rings. The second-order valence-corrected chi connectivity index (χ2v) is 7.25. The van der Waals surface area contributed by atoms with Gasteiger partial charge in [0, 0.05) is 42.9 Å². The van der Waals surface area contributed by atoms with E-state index >= 15 is 0 Å². The lowest BCUT2D eigenvalue weighted by Crippen LogP contribution is -2.31. The number of carbonyl (C=O) groups is 1. The van der Waals surface area contributed by atoms with Crippen LogP contribution in [0.15, 0.2) is 47.1 Å². The van der Waals surface area contributed by atoms with Gasteiger partial charge in [-0.05, 0) is 42.2 Å². The molecule has 3 heterocycles. The van der Waals surface area contributed by atoms with Crippen molar-refractivity contribution in [1.82, 2.24) is 15.2 Å². The second-order valence-electron chi connectivity index (χ2n) is 6.33. The number of likely N-dealkylation sites (tertiary alicyclic amines) is 1. The highest BCUT2D eigenvalue weighted by Gasteiger charge is 2.38. The molecule has 2 aliphatic heterocycles. The molecule has 2 saturated heterocycles. The van der Waals surface area contributed by atoms with Crippen LogP contribution in [-0.4, -0.2) is 42.0 Å². The van der Waals surface area contributed by atoms with Gasteiger partial charge in [0.05, 0.1) is 5.56 Å². The summed E-state index contributed by atoms with van der Waals surface area (Å²) in [5, 5.41) is 3.39. The molecule has 124 valence electrons. The minimum Gasteiger partial charge on any atom is -0.439 e. The zero-order chi connectivity index (χ0) is 16.5. The summed E-state index contributed by atoms with van der Waals surface area (Å²) >= 11 is 3.39. The van der Waals surface area contributed by atoms with Gasteiger partial charge in [-0.2, -0.15) is 0 Å². The number of aromatic nitrogens is 1. The van der Waals surface area contributed by atoms with Crippen molar-refractivity contribution >= 4 is 21.8 Å². The van der Waals surface area contributed by atoms with Crippen LogP contribution in [0.5, 0.6) is 11.6 Å². The van der Waals surface area contributed by atoms with E-state index in [0.717, 1.165) is 30.7 Å². The van der Waals surface area contributed by atoms with Gasteiger partial charge in [0.2, 0.25) is 5.88 Å². The molecule has 0 unspecified atom stereocenters. The number of benzene rings is 1. The van der Waals surface area contributed by atoms with E-state index in [2.05, 4.69) is 26.2 Å². The predicted molar refractivity (Wildman–Crippen MR) is 94.2 cm³/mol. The van der Waals surface area contributed by atoms with Gasteiger partial charge in [0.1, 0.15) is 5.75 Å². The second kappa shape index (κ2) is 6.53. The van der Waals surface area contributed by atoms with Crippen molar-refractivity contribution < 1.29 is 9.53 Å². The third kappa shape index (κ3) is 3.16. The van der Waals surface area contributed by atoms with Gasteiger partial charge in [0.15, 0.2) is 0 Å². The summed E-state index contributed by atoms with van der Waals surface area (Å²) in [6.07, 6.45) is 1.60. The molecule has 0 bridgehead atoms. The van der Waals surface area contributed by atoms with Crippen LogP contribution >= 0.6 is 15.9 Å². The molecule has 5 nitrogen and oxygen atoms in total. The molecule has 0 saturated carbocycles. The highest BCUT2D eigenvalue weighted by Crippen LogP contribution is 2.28. The van der Waals surface area contributed by atoms with Crippen LogP contribution < -0.4 is 10.1 Å². The third-order valence-corrected chi connectivity index (χ3v) is 5.22. The maximum Gasteiger partial charge on any atom is 0.255 e. The standard InChI is InChI=1S/C18H18BrN3O2/c19-15-2-4-16(5-3-15)24-17-6-1-12(9-21-17)18(23)22-10-13-7-20-8-14(13)11-22/h1-6,9,13-14,20H,7-8,10-11H2/t13-,14+. The normalized spacial score (nSPS) is 22.5. The van der Waals surface area contributed by atoms with E-state index in [9.17, 15) is 4.79 Å². The lowest BCUT2D eigenvalue weighted by molar-refractivity contribution is 0.0781. The third-order valence-electron chi connectivity index (χ3n) is 4.70. The van der Waals surface area contributed by atoms with Crippen LogP contribution in [0.3, 0.4) is 0 Å². The van der Waals surface area contributed by atoms with Gasteiger partial charge in [-0.15, -0.1) is 0 Å². The van der Waals surface area contributed by atoms with E-state index in [4.69, 9.17) is 4.74 Å². The first-order chi connectivity index (χ1) is 11.7. The Balaban J connectivity index is 1.42. The molecule has 2 aromatic rings. The molecule has 2 atom stereocenters. The first-order valence-corrected chi connectivity index (χ1v) is 8.88. The molecule has 24 heavy (non-hydrogen) atoms. The van der Waals surface area contributed by atoms with E-state index in [1.165, 1.54) is 0 Å². The van der Waals surface area contributed by atoms with Crippen molar-refractivity contribution in [2.75, 3.05) is 26.2 Å². The number of amides is 1. The van der Waals surface area contributed by atoms with E-state index < -0.39 is 0 Å². The van der Waals surface area contributed by atoms with Crippen LogP contribution in [0.1, 0.15) is 10.4 Å². The van der Waals surface area contributed by atoms with E-state index in [1.54, 1.807) is 18.3 Å². The maximum absolute atomic E-state index is 12.6. The smallest absolute Gasteiger partial charge is 0.255 e. The lowest BCUT2D eigenvalue weighted by atomic mass is 10.0. The largest absolute Gasteiger partial charge is 0.439 e. The molecule has 2 aliphatic rings. The number of fused-ring (bicyclic) bond motifs is 1. The summed E-state index contributed by atoms with van der Waals surface area (Å²) in [4.78, 5) is 18.8. The molecule has 6 heteroatoms. The predicted octanol–water partition coefficient (Wildman–Crippen LogP) is 2.93. The number of pyridine rings is 1. The molecule has 0 aliphatic carbocycles. The van der Waals surface area contributed by atoms with E-state index in [1.807, 2.05) is 29.2 Å². The molecular formula is C18H18BrN3O2. The Bertz CT molecular complexity index is 721. The van der Waals surface area contributed by atoms with Gasteiger partial charge in [0.25, 0.3) is 5.91 Å². The molecule has 0 spiro atoms. The van der Waals surface area contributed by atoms with Gasteiger partial charge in [-0.3, -0.25) is 4.79 Å². The van der Waals surface area contributed by atoms with Crippen LogP contribution in [0, 0.1) is 11.8 Å². The molecule has 1 amide bonds. The number of hydrogen-bond donors (Lipinski definition) is 1. The van der Waals surface area contributed by atoms with Crippen LogP contribution in [0.2, 0.25) is 0 Å². The Morgan fingerprint density at radius 1 is 1.12 bits per heavy atom. The minimum atomic E-state index is 0.0621. The summed E-state index contributed by atoms with van der Waals surface area (Å²) in [6.45, 7) is 3.72. The van der Waals surface area contributed by atoms with Crippen molar-refractivity contribution in [2.45, 2.75) is 0 Å². The Kier molecular flexibility index (Phi) is 4.24. The van der Waals surface area contributed by atoms with Crippen molar-refractivity contribution in [3.8, 4) is 11.6 Å². The number of rotatable bonds is 3. The Labute approximate surface area is 149 Å². The lowest BCUT2D eigenvalue weighted by Gasteiger charge is -2.17. The molecule has 1 aromatic heterocycles. The Morgan fingerprint density at radius 3 is 2.46 bits per heavy atom. The fourth-order valence-corrected chi connectivity index (χ4v) is 3.66. The maximum atomic E-state index is 12.6. The average Bonchev–Trinajstić information content (AvgIpc) is 3.19. The number of halogens is 1.